The van der Waals surface area contributed by atoms with Crippen molar-refractivity contribution in [1.29, 1.82) is 0 Å². The molecule has 2 aromatic carbocycles. The maximum absolute atomic E-state index is 13.2. The molecule has 0 aromatic heterocycles. The van der Waals surface area contributed by atoms with Crippen LogP contribution in [0.5, 0.6) is 5.75 Å². The number of carbonyl (C=O) groups excluding carboxylic acids is 1. The van der Waals surface area contributed by atoms with E-state index in [-0.39, 0.29) is 29.9 Å². The van der Waals surface area contributed by atoms with E-state index in [1.807, 2.05) is 30.3 Å². The van der Waals surface area contributed by atoms with Crippen molar-refractivity contribution in [2.24, 2.45) is 0 Å². The Morgan fingerprint density at radius 1 is 1.07 bits per heavy atom. The van der Waals surface area contributed by atoms with Gasteiger partial charge in [0.2, 0.25) is 0 Å². The Balaban J connectivity index is 2.09. The summed E-state index contributed by atoms with van der Waals surface area (Å²) in [5, 5.41) is 9.75. The number of rotatable bonds is 7. The molecule has 3 rings (SSSR count). The van der Waals surface area contributed by atoms with Gasteiger partial charge >= 0.3 is 5.97 Å². The number of hydrogen-bond donors (Lipinski definition) is 1. The summed E-state index contributed by atoms with van der Waals surface area (Å²) in [6, 6.07) is 15.7. The number of aliphatic carboxylic acids is 1. The SMILES string of the molecule is COc1ccc(C(=O)C(Cc2ccccc2)=C(C(=O)O)C2=CCOO2)cc1. The second kappa shape index (κ2) is 8.33. The third-order valence-corrected chi connectivity index (χ3v) is 4.10. The van der Waals surface area contributed by atoms with Gasteiger partial charge in [-0.3, -0.25) is 4.79 Å². The maximum Gasteiger partial charge on any atom is 0.340 e. The Labute approximate surface area is 156 Å². The van der Waals surface area contributed by atoms with Gasteiger partial charge in [0, 0.05) is 17.6 Å². The van der Waals surface area contributed by atoms with Crippen LogP contribution in [0.4, 0.5) is 0 Å². The van der Waals surface area contributed by atoms with Crippen molar-refractivity contribution in [3.05, 3.63) is 88.7 Å². The van der Waals surface area contributed by atoms with Gasteiger partial charge in [0.1, 0.15) is 17.9 Å². The molecule has 0 unspecified atom stereocenters. The van der Waals surface area contributed by atoms with E-state index >= 15 is 0 Å². The fourth-order valence-corrected chi connectivity index (χ4v) is 2.77. The van der Waals surface area contributed by atoms with Crippen LogP contribution >= 0.6 is 0 Å². The predicted octanol–water partition coefficient (Wildman–Crippen LogP) is 3.35. The second-order valence-corrected chi connectivity index (χ2v) is 5.81. The van der Waals surface area contributed by atoms with Gasteiger partial charge in [-0.2, -0.15) is 4.89 Å². The summed E-state index contributed by atoms with van der Waals surface area (Å²) in [6.45, 7) is 0.126. The Morgan fingerprint density at radius 2 is 1.78 bits per heavy atom. The Hall–Kier alpha value is -3.38. The van der Waals surface area contributed by atoms with Crippen LogP contribution in [0.1, 0.15) is 15.9 Å². The van der Waals surface area contributed by atoms with E-state index in [9.17, 15) is 14.7 Å². The number of Topliss-reactive ketones (excluding diaryl/α,β-unsaturated/α-hetero) is 1. The van der Waals surface area contributed by atoms with E-state index in [1.54, 1.807) is 24.3 Å². The summed E-state index contributed by atoms with van der Waals surface area (Å²) in [4.78, 5) is 34.9. The van der Waals surface area contributed by atoms with Gasteiger partial charge in [-0.1, -0.05) is 30.3 Å². The van der Waals surface area contributed by atoms with Crippen molar-refractivity contribution in [2.45, 2.75) is 6.42 Å². The molecule has 1 aliphatic rings. The highest BCUT2D eigenvalue weighted by molar-refractivity contribution is 6.14. The van der Waals surface area contributed by atoms with Crippen LogP contribution in [0.15, 0.2) is 77.6 Å². The molecule has 0 atom stereocenters. The van der Waals surface area contributed by atoms with Gasteiger partial charge < -0.3 is 14.7 Å². The number of benzene rings is 2. The van der Waals surface area contributed by atoms with E-state index in [1.165, 1.54) is 13.2 Å². The molecule has 6 nitrogen and oxygen atoms in total. The summed E-state index contributed by atoms with van der Waals surface area (Å²) in [5.41, 5.74) is 1.10. The van der Waals surface area contributed by atoms with E-state index in [4.69, 9.17) is 14.5 Å². The molecule has 6 heteroatoms. The van der Waals surface area contributed by atoms with Crippen LogP contribution in [0.25, 0.3) is 0 Å². The number of hydrogen-bond acceptors (Lipinski definition) is 5. The zero-order valence-corrected chi connectivity index (χ0v) is 14.7. The minimum absolute atomic E-state index is 0.0373. The molecule has 0 radical (unpaired) electrons. The lowest BCUT2D eigenvalue weighted by molar-refractivity contribution is -0.231. The molecule has 138 valence electrons. The normalized spacial score (nSPS) is 14.0. The summed E-state index contributed by atoms with van der Waals surface area (Å²) in [5.74, 6) is -1.00. The maximum atomic E-state index is 13.2. The summed E-state index contributed by atoms with van der Waals surface area (Å²) < 4.78 is 5.11. The summed E-state index contributed by atoms with van der Waals surface area (Å²) in [6.07, 6.45) is 1.64. The Kier molecular flexibility index (Phi) is 5.68. The highest BCUT2D eigenvalue weighted by atomic mass is 17.2. The highest BCUT2D eigenvalue weighted by Gasteiger charge is 2.28. The van der Waals surface area contributed by atoms with Crippen LogP contribution in [0, 0.1) is 0 Å². The number of ketones is 1. The molecule has 2 aromatic rings. The number of carbonyl (C=O) groups is 2. The molecule has 0 saturated carbocycles. The van der Waals surface area contributed by atoms with Gasteiger partial charge in [-0.15, -0.1) is 0 Å². The first-order valence-electron chi connectivity index (χ1n) is 8.29. The second-order valence-electron chi connectivity index (χ2n) is 5.81. The third-order valence-electron chi connectivity index (χ3n) is 4.10. The Bertz CT molecular complexity index is 894. The molecule has 0 aliphatic carbocycles. The zero-order valence-electron chi connectivity index (χ0n) is 14.7. The van der Waals surface area contributed by atoms with Crippen molar-refractivity contribution >= 4 is 11.8 Å². The average Bonchev–Trinajstić information content (AvgIpc) is 3.22. The molecule has 1 N–H and O–H groups in total. The van der Waals surface area contributed by atoms with Crippen LogP contribution in [-0.4, -0.2) is 30.6 Å². The highest BCUT2D eigenvalue weighted by Crippen LogP contribution is 2.26. The minimum atomic E-state index is -1.25. The van der Waals surface area contributed by atoms with Gasteiger partial charge in [-0.25, -0.2) is 4.79 Å². The van der Waals surface area contributed by atoms with E-state index in [0.29, 0.717) is 11.3 Å². The largest absolute Gasteiger partial charge is 0.497 e. The Morgan fingerprint density at radius 3 is 2.33 bits per heavy atom. The molecular weight excluding hydrogens is 348 g/mol. The molecule has 0 spiro atoms. The van der Waals surface area contributed by atoms with E-state index < -0.39 is 11.8 Å². The smallest absolute Gasteiger partial charge is 0.340 e. The van der Waals surface area contributed by atoms with Crippen LogP contribution in [0.3, 0.4) is 0 Å². The fourth-order valence-electron chi connectivity index (χ4n) is 2.77. The molecule has 1 aliphatic heterocycles. The van der Waals surface area contributed by atoms with Crippen LogP contribution in [-0.2, 0) is 21.0 Å². The summed E-state index contributed by atoms with van der Waals surface area (Å²) in [7, 11) is 1.53. The van der Waals surface area contributed by atoms with E-state index in [0.717, 1.165) is 5.56 Å². The standard InChI is InChI=1S/C21H18O6/c1-25-16-9-7-15(8-10-16)20(22)17(13-14-5-3-2-4-6-14)19(21(23)24)18-11-12-26-27-18/h2-11H,12-13H2,1H3,(H,23,24). The summed E-state index contributed by atoms with van der Waals surface area (Å²) >= 11 is 0. The van der Waals surface area contributed by atoms with Gasteiger partial charge in [0.05, 0.1) is 7.11 Å². The average molecular weight is 366 g/mol. The number of carboxylic acid groups (broad SMARTS) is 1. The number of allylic oxidation sites excluding steroid dienone is 1. The van der Waals surface area contributed by atoms with Crippen LogP contribution < -0.4 is 4.74 Å². The number of methoxy groups -OCH3 is 1. The van der Waals surface area contributed by atoms with E-state index in [2.05, 4.69) is 0 Å². The molecule has 1 heterocycles. The van der Waals surface area contributed by atoms with Crippen molar-refractivity contribution in [2.75, 3.05) is 13.7 Å². The quantitative estimate of drug-likeness (QED) is 0.460. The molecule has 0 amide bonds. The van der Waals surface area contributed by atoms with Crippen molar-refractivity contribution in [3.63, 3.8) is 0 Å². The van der Waals surface area contributed by atoms with Gasteiger partial charge in [-0.05, 0) is 35.9 Å². The predicted molar refractivity (Wildman–Crippen MR) is 97.3 cm³/mol. The first-order chi connectivity index (χ1) is 13.1. The first-order valence-corrected chi connectivity index (χ1v) is 8.29. The molecule has 27 heavy (non-hydrogen) atoms. The van der Waals surface area contributed by atoms with Crippen LogP contribution in [0.2, 0.25) is 0 Å². The van der Waals surface area contributed by atoms with Crippen molar-refractivity contribution in [1.82, 2.24) is 0 Å². The van der Waals surface area contributed by atoms with Crippen molar-refractivity contribution in [3.8, 4) is 5.75 Å². The fraction of sp³-hybridized carbons (Fsp3) is 0.143. The van der Waals surface area contributed by atoms with Crippen molar-refractivity contribution < 1.29 is 29.2 Å². The minimum Gasteiger partial charge on any atom is -0.497 e. The van der Waals surface area contributed by atoms with Gasteiger partial charge in [0.25, 0.3) is 0 Å². The molecule has 0 bridgehead atoms. The number of ether oxygens (including phenoxy) is 1. The zero-order chi connectivity index (χ0) is 19.2. The lowest BCUT2D eigenvalue weighted by Crippen LogP contribution is -2.16. The molecular formula is C21H18O6. The molecule has 0 fully saturated rings. The topological polar surface area (TPSA) is 82.1 Å². The monoisotopic (exact) mass is 366 g/mol. The molecule has 0 saturated heterocycles. The number of carboxylic acids is 1. The van der Waals surface area contributed by atoms with Gasteiger partial charge in [0.15, 0.2) is 11.5 Å². The third kappa shape index (κ3) is 4.24. The lowest BCUT2D eigenvalue weighted by atomic mass is 9.91. The first kappa shape index (κ1) is 18.4. The lowest BCUT2D eigenvalue weighted by Gasteiger charge is -2.13.